The molecule has 1 N–H and O–H groups in total. The summed E-state index contributed by atoms with van der Waals surface area (Å²) in [5.74, 6) is 0.588. The van der Waals surface area contributed by atoms with Crippen molar-refractivity contribution in [3.8, 4) is 0 Å². The van der Waals surface area contributed by atoms with E-state index in [2.05, 4.69) is 47.6 Å². The molecule has 38 heavy (non-hydrogen) atoms. The van der Waals surface area contributed by atoms with Crippen LogP contribution >= 0.6 is 0 Å². The van der Waals surface area contributed by atoms with Crippen molar-refractivity contribution >= 4 is 17.7 Å². The van der Waals surface area contributed by atoms with Crippen LogP contribution < -0.4 is 0 Å². The first-order valence-corrected chi connectivity index (χ1v) is 15.2. The number of carboxylic acids is 1. The molecule has 212 valence electrons. The lowest BCUT2D eigenvalue weighted by Crippen LogP contribution is -2.64. The van der Waals surface area contributed by atoms with Crippen LogP contribution in [-0.2, 0) is 19.1 Å². The van der Waals surface area contributed by atoms with Gasteiger partial charge in [-0.25, -0.2) is 0 Å². The van der Waals surface area contributed by atoms with Crippen LogP contribution in [0.15, 0.2) is 11.6 Å². The summed E-state index contributed by atoms with van der Waals surface area (Å²) in [5.41, 5.74) is 1.28. The minimum Gasteiger partial charge on any atom is -0.481 e. The number of carbonyl (C=O) groups is 3. The van der Waals surface area contributed by atoms with Gasteiger partial charge in [0.05, 0.1) is 12.5 Å². The van der Waals surface area contributed by atoms with Gasteiger partial charge >= 0.3 is 11.9 Å². The molecule has 0 bridgehead atoms. The Morgan fingerprint density at radius 2 is 1.71 bits per heavy atom. The number of Topliss-reactive ketones (excluding diaryl/α,β-unsaturated/α-hetero) is 1. The molecular formula is C33H50O5. The number of carbonyl (C=O) groups excluding carboxylic acids is 2. The highest BCUT2D eigenvalue weighted by Crippen LogP contribution is 2.75. The lowest BCUT2D eigenvalue weighted by atomic mass is 9.33. The van der Waals surface area contributed by atoms with Crippen molar-refractivity contribution in [3.63, 3.8) is 0 Å². The molecule has 0 aliphatic heterocycles. The molecule has 0 aromatic heterocycles. The van der Waals surface area contributed by atoms with E-state index in [0.29, 0.717) is 36.6 Å². The van der Waals surface area contributed by atoms with E-state index in [1.54, 1.807) is 5.57 Å². The molecule has 4 unspecified atom stereocenters. The maximum Gasteiger partial charge on any atom is 0.306 e. The van der Waals surface area contributed by atoms with Gasteiger partial charge in [0, 0.05) is 18.8 Å². The summed E-state index contributed by atoms with van der Waals surface area (Å²) in [4.78, 5) is 37.3. The van der Waals surface area contributed by atoms with Crippen LogP contribution in [0.2, 0.25) is 0 Å². The molecule has 5 heteroatoms. The summed E-state index contributed by atoms with van der Waals surface area (Å²) < 4.78 is 5.56. The van der Waals surface area contributed by atoms with Crippen molar-refractivity contribution in [2.75, 3.05) is 6.61 Å². The van der Waals surface area contributed by atoms with Gasteiger partial charge < -0.3 is 9.84 Å². The topological polar surface area (TPSA) is 80.7 Å². The maximum absolute atomic E-state index is 13.2. The third kappa shape index (κ3) is 3.87. The number of hydrogen-bond acceptors (Lipinski definition) is 4. The second-order valence-corrected chi connectivity index (χ2v) is 15.6. The molecule has 5 nitrogen and oxygen atoms in total. The highest BCUT2D eigenvalue weighted by atomic mass is 16.5. The van der Waals surface area contributed by atoms with Gasteiger partial charge in [0.1, 0.15) is 5.78 Å². The number of fused-ring (bicyclic) bond motifs is 7. The molecular weight excluding hydrogens is 476 g/mol. The molecule has 0 aromatic carbocycles. The molecule has 0 radical (unpaired) electrons. The quantitative estimate of drug-likeness (QED) is 0.309. The van der Waals surface area contributed by atoms with E-state index in [1.165, 1.54) is 6.92 Å². The van der Waals surface area contributed by atoms with Crippen LogP contribution in [0.5, 0.6) is 0 Å². The van der Waals surface area contributed by atoms with Crippen LogP contribution in [0.3, 0.4) is 0 Å². The SMILES string of the molecule is CC(=O)OCC[C@]12CCC(=O)C(C)(C)C1CC[C@]1(C)C2CC=C2C3CC(C)(C)C[C@@H](C(=O)O)C3CC[C@]21C. The van der Waals surface area contributed by atoms with Gasteiger partial charge in [0.25, 0.3) is 0 Å². The maximum atomic E-state index is 13.2. The first-order chi connectivity index (χ1) is 17.6. The number of carboxylic acid groups (broad SMARTS) is 1. The minimum atomic E-state index is -0.615. The standard InChI is InChI=1S/C33H50O5/c1-20(34)38-17-16-33-15-12-27(35)30(4,5)25(33)11-14-32(7)26(33)9-8-24-22-18-29(2,3)19-23(28(36)37)21(22)10-13-31(24,32)6/h8,21-23,25-26H,9-19H2,1-7H3,(H,36,37)/t21?,22?,23-,25?,26?,31-,32-,33-/m1/s1. The Hall–Kier alpha value is -1.65. The van der Waals surface area contributed by atoms with Gasteiger partial charge in [-0.2, -0.15) is 0 Å². The summed E-state index contributed by atoms with van der Waals surface area (Å²) in [6, 6.07) is 0. The number of allylic oxidation sites excluding steroid dienone is 2. The molecule has 8 atom stereocenters. The molecule has 4 saturated carbocycles. The van der Waals surface area contributed by atoms with Gasteiger partial charge in [-0.15, -0.1) is 0 Å². The fraction of sp³-hybridized carbons (Fsp3) is 0.848. The number of aliphatic carboxylic acids is 1. The Morgan fingerprint density at radius 1 is 1.00 bits per heavy atom. The second kappa shape index (κ2) is 8.93. The van der Waals surface area contributed by atoms with Gasteiger partial charge in [0.15, 0.2) is 0 Å². The zero-order valence-electron chi connectivity index (χ0n) is 24.8. The van der Waals surface area contributed by atoms with Gasteiger partial charge in [-0.1, -0.05) is 53.2 Å². The van der Waals surface area contributed by atoms with Crippen molar-refractivity contribution in [2.45, 2.75) is 113 Å². The zero-order chi connectivity index (χ0) is 27.9. The van der Waals surface area contributed by atoms with E-state index in [0.717, 1.165) is 57.8 Å². The smallest absolute Gasteiger partial charge is 0.306 e. The highest BCUT2D eigenvalue weighted by Gasteiger charge is 2.68. The van der Waals surface area contributed by atoms with E-state index in [4.69, 9.17) is 4.74 Å². The van der Waals surface area contributed by atoms with Crippen LogP contribution in [-0.4, -0.2) is 29.4 Å². The van der Waals surface area contributed by atoms with Crippen molar-refractivity contribution in [2.24, 2.45) is 56.7 Å². The van der Waals surface area contributed by atoms with Gasteiger partial charge in [-0.05, 0) is 103 Å². The van der Waals surface area contributed by atoms with Crippen LogP contribution in [0, 0.1) is 56.7 Å². The number of ether oxygens (including phenoxy) is 1. The molecule has 0 saturated heterocycles. The lowest BCUT2D eigenvalue weighted by Gasteiger charge is -2.70. The Labute approximate surface area is 229 Å². The number of esters is 1. The molecule has 5 rings (SSSR count). The predicted molar refractivity (Wildman–Crippen MR) is 147 cm³/mol. The second-order valence-electron chi connectivity index (χ2n) is 15.6. The highest BCUT2D eigenvalue weighted by molar-refractivity contribution is 5.85. The van der Waals surface area contributed by atoms with Crippen molar-refractivity contribution in [1.29, 1.82) is 0 Å². The summed E-state index contributed by atoms with van der Waals surface area (Å²) >= 11 is 0. The lowest BCUT2D eigenvalue weighted by molar-refractivity contribution is -0.194. The molecule has 4 fully saturated rings. The number of hydrogen-bond donors (Lipinski definition) is 1. The van der Waals surface area contributed by atoms with Crippen LogP contribution in [0.4, 0.5) is 0 Å². The molecule has 0 amide bonds. The number of rotatable bonds is 4. The largest absolute Gasteiger partial charge is 0.481 e. The fourth-order valence-electron chi connectivity index (χ4n) is 11.2. The zero-order valence-corrected chi connectivity index (χ0v) is 24.8. The minimum absolute atomic E-state index is 0.0255. The van der Waals surface area contributed by atoms with E-state index < -0.39 is 5.97 Å². The average Bonchev–Trinajstić information content (AvgIpc) is 2.80. The third-order valence-corrected chi connectivity index (χ3v) is 13.1. The van der Waals surface area contributed by atoms with Gasteiger partial charge in [-0.3, -0.25) is 14.4 Å². The summed E-state index contributed by atoms with van der Waals surface area (Å²) in [6.07, 6.45) is 11.9. The molecule has 5 aliphatic rings. The van der Waals surface area contributed by atoms with E-state index in [9.17, 15) is 19.5 Å². The van der Waals surface area contributed by atoms with E-state index >= 15 is 0 Å². The number of ketones is 1. The van der Waals surface area contributed by atoms with Crippen LogP contribution in [0.1, 0.15) is 113 Å². The average molecular weight is 527 g/mol. The Morgan fingerprint density at radius 3 is 2.37 bits per heavy atom. The Bertz CT molecular complexity index is 1050. The summed E-state index contributed by atoms with van der Waals surface area (Å²) in [7, 11) is 0. The Kier molecular flexibility index (Phi) is 6.56. The summed E-state index contributed by atoms with van der Waals surface area (Å²) in [6.45, 7) is 15.8. The summed E-state index contributed by atoms with van der Waals surface area (Å²) in [5, 5.41) is 10.2. The van der Waals surface area contributed by atoms with Crippen molar-refractivity contribution < 1.29 is 24.2 Å². The normalized spacial score (nSPS) is 45.0. The van der Waals surface area contributed by atoms with Crippen LogP contribution in [0.25, 0.3) is 0 Å². The molecule has 0 spiro atoms. The molecule has 5 aliphatic carbocycles. The first kappa shape index (κ1) is 27.9. The van der Waals surface area contributed by atoms with Crippen molar-refractivity contribution in [3.05, 3.63) is 11.6 Å². The third-order valence-electron chi connectivity index (χ3n) is 13.1. The predicted octanol–water partition coefficient (Wildman–Crippen LogP) is 7.23. The first-order valence-electron chi connectivity index (χ1n) is 15.2. The van der Waals surface area contributed by atoms with E-state index in [-0.39, 0.29) is 44.9 Å². The van der Waals surface area contributed by atoms with Crippen molar-refractivity contribution in [1.82, 2.24) is 0 Å². The molecule has 0 heterocycles. The monoisotopic (exact) mass is 526 g/mol. The van der Waals surface area contributed by atoms with Gasteiger partial charge in [0.2, 0.25) is 0 Å². The molecule has 0 aromatic rings. The van der Waals surface area contributed by atoms with E-state index in [1.807, 2.05) is 0 Å². The Balaban J connectivity index is 1.58. The fourth-order valence-corrected chi connectivity index (χ4v) is 11.2.